The summed E-state index contributed by atoms with van der Waals surface area (Å²) in [5.41, 5.74) is 3.62. The third kappa shape index (κ3) is 3.85. The summed E-state index contributed by atoms with van der Waals surface area (Å²) in [7, 11) is 1.62. The molecule has 4 rings (SSSR count). The maximum Gasteiger partial charge on any atom is 0.254 e. The molecule has 3 aromatic rings. The predicted molar refractivity (Wildman–Crippen MR) is 114 cm³/mol. The number of carbonyl (C=O) groups is 1. The lowest BCUT2D eigenvalue weighted by Gasteiger charge is -2.35. The lowest BCUT2D eigenvalue weighted by molar-refractivity contribution is 0.0746. The Balaban J connectivity index is 1.45. The minimum Gasteiger partial charge on any atom is -0.496 e. The van der Waals surface area contributed by atoms with Crippen molar-refractivity contribution in [1.29, 1.82) is 0 Å². The molecule has 1 aliphatic heterocycles. The normalized spacial score (nSPS) is 14.1. The number of hydrogen-bond acceptors (Lipinski definition) is 6. The van der Waals surface area contributed by atoms with Gasteiger partial charge in [-0.15, -0.1) is 0 Å². The summed E-state index contributed by atoms with van der Waals surface area (Å²) in [6, 6.07) is 7.60. The molecule has 1 aliphatic rings. The van der Waals surface area contributed by atoms with Gasteiger partial charge >= 0.3 is 0 Å². The van der Waals surface area contributed by atoms with Gasteiger partial charge in [0, 0.05) is 37.4 Å². The molecule has 8 heteroatoms. The van der Waals surface area contributed by atoms with Crippen molar-refractivity contribution in [1.82, 2.24) is 24.6 Å². The summed E-state index contributed by atoms with van der Waals surface area (Å²) < 4.78 is 7.16. The number of ether oxygens (including phenoxy) is 1. The van der Waals surface area contributed by atoms with Crippen molar-refractivity contribution in [3.8, 4) is 11.6 Å². The number of piperazine rings is 1. The van der Waals surface area contributed by atoms with Gasteiger partial charge in [-0.2, -0.15) is 5.10 Å². The Bertz CT molecular complexity index is 1070. The molecule has 0 unspecified atom stereocenters. The second kappa shape index (κ2) is 8.14. The molecule has 0 bridgehead atoms. The van der Waals surface area contributed by atoms with Crippen LogP contribution in [-0.4, -0.2) is 63.8 Å². The molecule has 30 heavy (non-hydrogen) atoms. The van der Waals surface area contributed by atoms with Crippen molar-refractivity contribution in [3.63, 3.8) is 0 Å². The van der Waals surface area contributed by atoms with Crippen LogP contribution in [0.2, 0.25) is 0 Å². The van der Waals surface area contributed by atoms with E-state index in [1.807, 2.05) is 49.9 Å². The molecule has 1 saturated heterocycles. The van der Waals surface area contributed by atoms with Crippen LogP contribution in [0, 0.1) is 20.8 Å². The maximum atomic E-state index is 12.9. The lowest BCUT2D eigenvalue weighted by Crippen LogP contribution is -2.49. The number of aromatic nitrogens is 4. The maximum absolute atomic E-state index is 12.9. The van der Waals surface area contributed by atoms with E-state index in [9.17, 15) is 4.79 Å². The zero-order valence-corrected chi connectivity index (χ0v) is 17.8. The quantitative estimate of drug-likeness (QED) is 0.663. The zero-order chi connectivity index (χ0) is 21.3. The van der Waals surface area contributed by atoms with E-state index in [2.05, 4.69) is 15.0 Å². The van der Waals surface area contributed by atoms with Crippen molar-refractivity contribution in [2.24, 2.45) is 0 Å². The van der Waals surface area contributed by atoms with Crippen molar-refractivity contribution in [2.45, 2.75) is 20.8 Å². The van der Waals surface area contributed by atoms with Crippen molar-refractivity contribution < 1.29 is 9.53 Å². The van der Waals surface area contributed by atoms with Crippen LogP contribution in [0.3, 0.4) is 0 Å². The standard InChI is InChI=1S/C22H26N6O2/c1-15-5-6-18(12-19(15)30-4)22(29)27-9-7-26(8-10-27)20-13-23-14-21(24-20)28-17(3)11-16(2)25-28/h5-6,11-14H,7-10H2,1-4H3. The fourth-order valence-corrected chi connectivity index (χ4v) is 3.74. The molecular formula is C22H26N6O2. The minimum absolute atomic E-state index is 0.0235. The van der Waals surface area contributed by atoms with Crippen LogP contribution in [0.1, 0.15) is 27.3 Å². The van der Waals surface area contributed by atoms with Crippen molar-refractivity contribution >= 4 is 11.7 Å². The van der Waals surface area contributed by atoms with Gasteiger partial charge in [0.05, 0.1) is 25.2 Å². The number of anilines is 1. The second-order valence-electron chi connectivity index (χ2n) is 7.54. The highest BCUT2D eigenvalue weighted by molar-refractivity contribution is 5.95. The number of amides is 1. The Labute approximate surface area is 176 Å². The number of benzene rings is 1. The molecule has 3 heterocycles. The van der Waals surface area contributed by atoms with Crippen LogP contribution in [0.4, 0.5) is 5.82 Å². The molecule has 1 fully saturated rings. The Morgan fingerprint density at radius 2 is 1.73 bits per heavy atom. The van der Waals surface area contributed by atoms with Crippen LogP contribution in [0.25, 0.3) is 5.82 Å². The van der Waals surface area contributed by atoms with Crippen LogP contribution < -0.4 is 9.64 Å². The summed E-state index contributed by atoms with van der Waals surface area (Å²) in [6.45, 7) is 8.57. The number of carbonyl (C=O) groups excluding carboxylic acids is 1. The second-order valence-corrected chi connectivity index (χ2v) is 7.54. The molecule has 8 nitrogen and oxygen atoms in total. The Morgan fingerprint density at radius 3 is 2.40 bits per heavy atom. The highest BCUT2D eigenvalue weighted by Gasteiger charge is 2.24. The Morgan fingerprint density at radius 1 is 1.00 bits per heavy atom. The summed E-state index contributed by atoms with van der Waals surface area (Å²) >= 11 is 0. The topological polar surface area (TPSA) is 76.4 Å². The van der Waals surface area contributed by atoms with Crippen molar-refractivity contribution in [3.05, 3.63) is 59.2 Å². The fraction of sp³-hybridized carbons (Fsp3) is 0.364. The molecule has 1 aromatic carbocycles. The van der Waals surface area contributed by atoms with Gasteiger partial charge in [-0.05, 0) is 44.5 Å². The first-order valence-corrected chi connectivity index (χ1v) is 10.0. The van der Waals surface area contributed by atoms with Crippen LogP contribution in [0.15, 0.2) is 36.7 Å². The monoisotopic (exact) mass is 406 g/mol. The first kappa shape index (κ1) is 19.9. The number of nitrogens with zero attached hydrogens (tertiary/aromatic N) is 6. The summed E-state index contributed by atoms with van der Waals surface area (Å²) in [5, 5.41) is 4.49. The molecule has 1 amide bonds. The summed E-state index contributed by atoms with van der Waals surface area (Å²) in [5.74, 6) is 2.25. The minimum atomic E-state index is 0.0235. The van der Waals surface area contributed by atoms with E-state index < -0.39 is 0 Å². The van der Waals surface area contributed by atoms with Gasteiger partial charge < -0.3 is 14.5 Å². The number of rotatable bonds is 4. The molecule has 156 valence electrons. The smallest absolute Gasteiger partial charge is 0.254 e. The first-order chi connectivity index (χ1) is 14.5. The molecule has 0 spiro atoms. The van der Waals surface area contributed by atoms with Gasteiger partial charge in [0.1, 0.15) is 11.6 Å². The van der Waals surface area contributed by atoms with Gasteiger partial charge in [-0.3, -0.25) is 9.78 Å². The third-order valence-electron chi connectivity index (χ3n) is 5.38. The lowest BCUT2D eigenvalue weighted by atomic mass is 10.1. The van der Waals surface area contributed by atoms with Gasteiger partial charge in [-0.1, -0.05) is 6.07 Å². The highest BCUT2D eigenvalue weighted by Crippen LogP contribution is 2.21. The first-order valence-electron chi connectivity index (χ1n) is 10.0. The van der Waals surface area contributed by atoms with Gasteiger partial charge in [-0.25, -0.2) is 9.67 Å². The molecule has 0 atom stereocenters. The molecular weight excluding hydrogens is 380 g/mol. The van der Waals surface area contributed by atoms with E-state index in [4.69, 9.17) is 9.72 Å². The van der Waals surface area contributed by atoms with Crippen LogP contribution >= 0.6 is 0 Å². The average molecular weight is 406 g/mol. The van der Waals surface area contributed by atoms with E-state index in [1.54, 1.807) is 24.2 Å². The molecule has 0 N–H and O–H groups in total. The van der Waals surface area contributed by atoms with E-state index in [0.717, 1.165) is 28.5 Å². The Kier molecular flexibility index (Phi) is 5.39. The number of hydrogen-bond donors (Lipinski definition) is 0. The van der Waals surface area contributed by atoms with Gasteiger partial charge in [0.25, 0.3) is 5.91 Å². The van der Waals surface area contributed by atoms with E-state index in [-0.39, 0.29) is 5.91 Å². The van der Waals surface area contributed by atoms with Crippen LogP contribution in [-0.2, 0) is 0 Å². The van der Waals surface area contributed by atoms with E-state index >= 15 is 0 Å². The molecule has 0 aliphatic carbocycles. The Hall–Kier alpha value is -3.42. The van der Waals surface area contributed by atoms with Gasteiger partial charge in [0.15, 0.2) is 5.82 Å². The molecule has 0 saturated carbocycles. The van der Waals surface area contributed by atoms with Crippen LogP contribution in [0.5, 0.6) is 5.75 Å². The highest BCUT2D eigenvalue weighted by atomic mass is 16.5. The predicted octanol–water partition coefficient (Wildman–Crippen LogP) is 2.56. The van der Waals surface area contributed by atoms with Crippen molar-refractivity contribution in [2.75, 3.05) is 38.2 Å². The number of aryl methyl sites for hydroxylation is 3. The molecule has 2 aromatic heterocycles. The van der Waals surface area contributed by atoms with E-state index in [1.165, 1.54) is 0 Å². The SMILES string of the molecule is COc1cc(C(=O)N2CCN(c3cncc(-n4nc(C)cc4C)n3)CC2)ccc1C. The summed E-state index contributed by atoms with van der Waals surface area (Å²) in [4.78, 5) is 26.0. The third-order valence-corrected chi connectivity index (χ3v) is 5.38. The zero-order valence-electron chi connectivity index (χ0n) is 17.8. The molecule has 0 radical (unpaired) electrons. The van der Waals surface area contributed by atoms with Gasteiger partial charge in [0.2, 0.25) is 0 Å². The van der Waals surface area contributed by atoms with E-state index in [0.29, 0.717) is 37.6 Å². The largest absolute Gasteiger partial charge is 0.496 e. The average Bonchev–Trinajstić information content (AvgIpc) is 3.11. The number of methoxy groups -OCH3 is 1. The fourth-order valence-electron chi connectivity index (χ4n) is 3.74. The summed E-state index contributed by atoms with van der Waals surface area (Å²) in [6.07, 6.45) is 3.48.